The number of rotatable bonds is 2. The number of carbonyl (C=O) groups excluding carboxylic acids is 1. The molecular weight excluding hydrogens is 304 g/mol. The lowest BCUT2D eigenvalue weighted by Gasteiger charge is -2.50. The number of aliphatic hydroxyl groups excluding tert-OH is 1. The van der Waals surface area contributed by atoms with Gasteiger partial charge in [-0.05, 0) is 84.5 Å². The summed E-state index contributed by atoms with van der Waals surface area (Å²) >= 11 is 0. The minimum atomic E-state index is -1.16. The Balaban J connectivity index is 1.70. The van der Waals surface area contributed by atoms with Gasteiger partial charge in [-0.2, -0.15) is 0 Å². The van der Waals surface area contributed by atoms with Crippen molar-refractivity contribution < 1.29 is 20.1 Å². The average molecular weight is 329 g/mol. The maximum Gasteiger partial charge on any atom is 0.119 e. The van der Waals surface area contributed by atoms with Crippen LogP contribution in [-0.2, 0) is 17.6 Å². The van der Waals surface area contributed by atoms with E-state index in [1.165, 1.54) is 5.56 Å². The number of phenolic OH excluding ortho intramolecular Hbond substituents is 1. The van der Waals surface area contributed by atoms with E-state index >= 15 is 0 Å². The number of carbonyl (C=O) groups is 1. The Kier molecular flexibility index (Phi) is 3.64. The third-order valence-electron chi connectivity index (χ3n) is 7.21. The lowest BCUT2D eigenvalue weighted by atomic mass is 9.55. The van der Waals surface area contributed by atoms with E-state index in [0.717, 1.165) is 44.1 Å². The fourth-order valence-electron chi connectivity index (χ4n) is 5.92. The summed E-state index contributed by atoms with van der Waals surface area (Å²) in [5.74, 6) is 0.464. The van der Waals surface area contributed by atoms with Crippen molar-refractivity contribution in [2.45, 2.75) is 63.9 Å². The number of aromatic hydroxyl groups is 1. The van der Waals surface area contributed by atoms with E-state index in [9.17, 15) is 20.1 Å². The summed E-state index contributed by atoms with van der Waals surface area (Å²) in [6, 6.07) is 3.67. The number of carboxylic acid groups (broad SMARTS) is 1. The van der Waals surface area contributed by atoms with Gasteiger partial charge in [-0.25, -0.2) is 0 Å². The summed E-state index contributed by atoms with van der Waals surface area (Å²) in [6.45, 7) is 2.25. The molecule has 5 atom stereocenters. The second-order valence-electron chi connectivity index (χ2n) is 8.28. The fraction of sp³-hybridized carbons (Fsp3) is 0.650. The molecule has 3 aliphatic rings. The zero-order valence-electron chi connectivity index (χ0n) is 14.1. The third kappa shape index (κ3) is 2.26. The first kappa shape index (κ1) is 15.9. The number of aliphatic hydroxyl groups is 1. The Morgan fingerprint density at radius 2 is 2.08 bits per heavy atom. The molecule has 0 bridgehead atoms. The van der Waals surface area contributed by atoms with Gasteiger partial charge in [-0.1, -0.05) is 13.0 Å². The molecule has 4 nitrogen and oxygen atoms in total. The first-order chi connectivity index (χ1) is 11.4. The van der Waals surface area contributed by atoms with Crippen molar-refractivity contribution >= 4 is 5.97 Å². The lowest BCUT2D eigenvalue weighted by Crippen LogP contribution is -2.44. The molecule has 0 unspecified atom stereocenters. The Bertz CT molecular complexity index is 682. The van der Waals surface area contributed by atoms with E-state index in [0.29, 0.717) is 23.3 Å². The first-order valence-corrected chi connectivity index (χ1v) is 9.12. The molecule has 2 fully saturated rings. The van der Waals surface area contributed by atoms with Crippen LogP contribution in [0.5, 0.6) is 5.75 Å². The third-order valence-corrected chi connectivity index (χ3v) is 7.21. The highest BCUT2D eigenvalue weighted by Crippen LogP contribution is 2.61. The van der Waals surface area contributed by atoms with Gasteiger partial charge in [0.25, 0.3) is 0 Å². The number of hydrogen-bond acceptors (Lipinski definition) is 4. The van der Waals surface area contributed by atoms with Gasteiger partial charge in [0.1, 0.15) is 5.75 Å². The quantitative estimate of drug-likeness (QED) is 0.868. The lowest BCUT2D eigenvalue weighted by molar-refractivity contribution is -0.304. The van der Waals surface area contributed by atoms with Crippen molar-refractivity contribution in [2.75, 3.05) is 0 Å². The van der Waals surface area contributed by atoms with Gasteiger partial charge in [0.15, 0.2) is 0 Å². The maximum absolute atomic E-state index is 10.9. The van der Waals surface area contributed by atoms with E-state index in [2.05, 4.69) is 6.92 Å². The molecule has 3 aliphatic carbocycles. The minimum Gasteiger partial charge on any atom is -0.550 e. The number of fused-ring (bicyclic) bond motifs is 5. The van der Waals surface area contributed by atoms with Crippen LogP contribution in [-0.4, -0.2) is 22.3 Å². The molecule has 2 saturated carbocycles. The predicted molar refractivity (Wildman–Crippen MR) is 87.4 cm³/mol. The molecule has 0 aromatic heterocycles. The molecule has 0 aliphatic heterocycles. The Labute approximate surface area is 142 Å². The highest BCUT2D eigenvalue weighted by atomic mass is 16.4. The summed E-state index contributed by atoms with van der Waals surface area (Å²) in [7, 11) is 0. The molecule has 24 heavy (non-hydrogen) atoms. The number of carboxylic acids is 1. The number of aryl methyl sites for hydroxylation is 1. The summed E-state index contributed by atoms with van der Waals surface area (Å²) in [5.41, 5.74) is 2.90. The van der Waals surface area contributed by atoms with Crippen LogP contribution in [0, 0.1) is 17.3 Å². The smallest absolute Gasteiger partial charge is 0.119 e. The van der Waals surface area contributed by atoms with Crippen molar-refractivity contribution in [1.82, 2.24) is 0 Å². The van der Waals surface area contributed by atoms with Crippen LogP contribution in [0.1, 0.15) is 61.6 Å². The SMILES string of the molecule is C[C@]12CC[C@@H]3c4cc(CC(=O)[O-])c(O)cc4CC[C@H]3[C@@H]1CC[C@@H]2O. The monoisotopic (exact) mass is 329 g/mol. The Morgan fingerprint density at radius 1 is 1.29 bits per heavy atom. The number of benzene rings is 1. The molecule has 0 radical (unpaired) electrons. The Hall–Kier alpha value is -1.55. The summed E-state index contributed by atoms with van der Waals surface area (Å²) in [4.78, 5) is 10.9. The molecule has 1 aromatic rings. The second-order valence-corrected chi connectivity index (χ2v) is 8.28. The van der Waals surface area contributed by atoms with E-state index < -0.39 is 5.97 Å². The molecule has 130 valence electrons. The first-order valence-electron chi connectivity index (χ1n) is 9.12. The molecule has 4 rings (SSSR count). The van der Waals surface area contributed by atoms with Crippen LogP contribution in [0.3, 0.4) is 0 Å². The highest BCUT2D eigenvalue weighted by Gasteiger charge is 2.54. The van der Waals surface area contributed by atoms with Crippen LogP contribution in [0.4, 0.5) is 0 Å². The fourth-order valence-corrected chi connectivity index (χ4v) is 5.92. The number of hydrogen-bond donors (Lipinski definition) is 2. The van der Waals surface area contributed by atoms with Gasteiger partial charge >= 0.3 is 0 Å². The van der Waals surface area contributed by atoms with Crippen molar-refractivity contribution in [3.8, 4) is 5.75 Å². The predicted octanol–water partition coefficient (Wildman–Crippen LogP) is 1.90. The largest absolute Gasteiger partial charge is 0.550 e. The molecule has 0 saturated heterocycles. The summed E-state index contributed by atoms with van der Waals surface area (Å²) in [6.07, 6.45) is 5.67. The standard InChI is InChI=1S/C20H26O4/c1-20-7-6-13-14(16(20)4-5-18(20)22)3-2-11-9-17(21)12(8-15(11)13)10-19(23)24/h8-9,13-14,16,18,21-22H,2-7,10H2,1H3,(H,23,24)/p-1/t13-,14+,16-,18-,20-/m0/s1. The zero-order valence-corrected chi connectivity index (χ0v) is 14.1. The van der Waals surface area contributed by atoms with Crippen LogP contribution in [0.15, 0.2) is 12.1 Å². The molecule has 0 amide bonds. The van der Waals surface area contributed by atoms with Crippen molar-refractivity contribution in [3.05, 3.63) is 28.8 Å². The summed E-state index contributed by atoms with van der Waals surface area (Å²) < 4.78 is 0. The normalized spacial score (nSPS) is 37.4. The number of aliphatic carboxylic acids is 1. The van der Waals surface area contributed by atoms with Crippen molar-refractivity contribution in [1.29, 1.82) is 0 Å². The van der Waals surface area contributed by atoms with E-state index in [1.54, 1.807) is 6.07 Å². The zero-order chi connectivity index (χ0) is 17.1. The maximum atomic E-state index is 10.9. The van der Waals surface area contributed by atoms with E-state index in [1.807, 2.05) is 6.07 Å². The van der Waals surface area contributed by atoms with Gasteiger partial charge in [-0.15, -0.1) is 0 Å². The molecular formula is C20H25O4-. The average Bonchev–Trinajstić information content (AvgIpc) is 2.83. The highest BCUT2D eigenvalue weighted by molar-refractivity contribution is 5.69. The van der Waals surface area contributed by atoms with Gasteiger partial charge < -0.3 is 20.1 Å². The minimum absolute atomic E-state index is 0.0450. The van der Waals surface area contributed by atoms with Crippen molar-refractivity contribution in [3.63, 3.8) is 0 Å². The van der Waals surface area contributed by atoms with Gasteiger partial charge in [0.05, 0.1) is 6.10 Å². The second kappa shape index (κ2) is 5.48. The van der Waals surface area contributed by atoms with Gasteiger partial charge in [-0.3, -0.25) is 0 Å². The van der Waals surface area contributed by atoms with Crippen LogP contribution >= 0.6 is 0 Å². The molecule has 0 spiro atoms. The Morgan fingerprint density at radius 3 is 2.83 bits per heavy atom. The van der Waals surface area contributed by atoms with Gasteiger partial charge in [0, 0.05) is 12.4 Å². The molecule has 4 heteroatoms. The van der Waals surface area contributed by atoms with Crippen molar-refractivity contribution in [2.24, 2.45) is 17.3 Å². The molecule has 1 aromatic carbocycles. The van der Waals surface area contributed by atoms with Crippen LogP contribution < -0.4 is 5.11 Å². The van der Waals surface area contributed by atoms with E-state index in [-0.39, 0.29) is 23.7 Å². The topological polar surface area (TPSA) is 80.6 Å². The molecule has 0 heterocycles. The van der Waals surface area contributed by atoms with Gasteiger partial charge in [0.2, 0.25) is 0 Å². The van der Waals surface area contributed by atoms with E-state index in [4.69, 9.17) is 0 Å². The summed E-state index contributed by atoms with van der Waals surface area (Å²) in [5, 5.41) is 31.5. The van der Waals surface area contributed by atoms with Crippen LogP contribution in [0.2, 0.25) is 0 Å². The molecule has 2 N–H and O–H groups in total. The van der Waals surface area contributed by atoms with Crippen LogP contribution in [0.25, 0.3) is 0 Å². The number of phenols is 1.